The lowest BCUT2D eigenvalue weighted by Crippen LogP contribution is -2.27. The normalized spacial score (nSPS) is 22.2. The lowest BCUT2D eigenvalue weighted by atomic mass is 9.88. The summed E-state index contributed by atoms with van der Waals surface area (Å²) in [5.41, 5.74) is -0.411. The Morgan fingerprint density at radius 1 is 1.42 bits per heavy atom. The predicted molar refractivity (Wildman–Crippen MR) is 59.8 cm³/mol. The summed E-state index contributed by atoms with van der Waals surface area (Å²) in [6.45, 7) is -0.115. The van der Waals surface area contributed by atoms with Gasteiger partial charge in [-0.2, -0.15) is 0 Å². The van der Waals surface area contributed by atoms with Gasteiger partial charge in [-0.05, 0) is 0 Å². The second-order valence-electron chi connectivity index (χ2n) is 4.17. The number of carbonyl (C=O) groups is 2. The van der Waals surface area contributed by atoms with Crippen LogP contribution in [0.4, 0.5) is 8.78 Å². The maximum atomic E-state index is 13.9. The van der Waals surface area contributed by atoms with Gasteiger partial charge in [0.1, 0.15) is 23.3 Å². The third-order valence-corrected chi connectivity index (χ3v) is 3.11. The highest BCUT2D eigenvalue weighted by atomic mass is 19.1. The van der Waals surface area contributed by atoms with Crippen LogP contribution in [0.2, 0.25) is 0 Å². The summed E-state index contributed by atoms with van der Waals surface area (Å²) >= 11 is 0. The van der Waals surface area contributed by atoms with Crippen molar-refractivity contribution in [2.45, 2.75) is 5.92 Å². The van der Waals surface area contributed by atoms with Crippen molar-refractivity contribution in [1.82, 2.24) is 5.32 Å². The van der Waals surface area contributed by atoms with Gasteiger partial charge in [-0.15, -0.1) is 0 Å². The molecular formula is C12H11F2NO4. The number of benzene rings is 1. The highest BCUT2D eigenvalue weighted by Crippen LogP contribution is 2.34. The monoisotopic (exact) mass is 271 g/mol. The number of methoxy groups -OCH3 is 1. The van der Waals surface area contributed by atoms with E-state index in [1.54, 1.807) is 0 Å². The maximum absolute atomic E-state index is 13.9. The number of aliphatic carboxylic acids is 1. The van der Waals surface area contributed by atoms with Crippen molar-refractivity contribution in [3.63, 3.8) is 0 Å². The van der Waals surface area contributed by atoms with Crippen LogP contribution >= 0.6 is 0 Å². The van der Waals surface area contributed by atoms with Crippen LogP contribution in [0.5, 0.6) is 5.75 Å². The number of nitrogens with one attached hydrogen (secondary N) is 1. The molecule has 1 aliphatic heterocycles. The average Bonchev–Trinajstić information content (AvgIpc) is 2.70. The fourth-order valence-electron chi connectivity index (χ4n) is 2.21. The summed E-state index contributed by atoms with van der Waals surface area (Å²) in [7, 11) is 1.26. The van der Waals surface area contributed by atoms with E-state index in [9.17, 15) is 18.4 Å². The second kappa shape index (κ2) is 4.83. The molecule has 7 heteroatoms. The van der Waals surface area contributed by atoms with Gasteiger partial charge < -0.3 is 15.2 Å². The first kappa shape index (κ1) is 13.3. The molecule has 0 aliphatic carbocycles. The van der Waals surface area contributed by atoms with E-state index in [1.165, 1.54) is 7.11 Å². The van der Waals surface area contributed by atoms with Crippen LogP contribution in [-0.4, -0.2) is 30.6 Å². The van der Waals surface area contributed by atoms with Gasteiger partial charge in [-0.3, -0.25) is 9.59 Å². The Labute approximate surface area is 107 Å². The molecular weight excluding hydrogens is 260 g/mol. The largest absolute Gasteiger partial charge is 0.497 e. The number of halogens is 2. The van der Waals surface area contributed by atoms with Crippen LogP contribution in [0.1, 0.15) is 11.5 Å². The van der Waals surface area contributed by atoms with E-state index in [0.717, 1.165) is 12.1 Å². The fourth-order valence-corrected chi connectivity index (χ4v) is 2.21. The third-order valence-electron chi connectivity index (χ3n) is 3.11. The van der Waals surface area contributed by atoms with Crippen LogP contribution in [-0.2, 0) is 9.59 Å². The molecule has 0 spiro atoms. The quantitative estimate of drug-likeness (QED) is 0.800. The minimum atomic E-state index is -1.49. The van der Waals surface area contributed by atoms with E-state index < -0.39 is 40.9 Å². The van der Waals surface area contributed by atoms with E-state index in [-0.39, 0.29) is 12.3 Å². The Morgan fingerprint density at radius 3 is 2.47 bits per heavy atom. The Balaban J connectivity index is 2.47. The molecule has 0 saturated carbocycles. The molecule has 1 aliphatic rings. The van der Waals surface area contributed by atoms with Crippen LogP contribution in [0.15, 0.2) is 12.1 Å². The Morgan fingerprint density at radius 2 is 2.00 bits per heavy atom. The molecule has 5 nitrogen and oxygen atoms in total. The number of ether oxygens (including phenoxy) is 1. The third kappa shape index (κ3) is 2.23. The van der Waals surface area contributed by atoms with Crippen molar-refractivity contribution in [1.29, 1.82) is 0 Å². The summed E-state index contributed by atoms with van der Waals surface area (Å²) in [5.74, 6) is -6.58. The number of carboxylic acid groups (broad SMARTS) is 1. The van der Waals surface area contributed by atoms with E-state index in [4.69, 9.17) is 9.84 Å². The number of rotatable bonds is 3. The van der Waals surface area contributed by atoms with Gasteiger partial charge in [0.25, 0.3) is 0 Å². The van der Waals surface area contributed by atoms with Crippen molar-refractivity contribution in [3.05, 3.63) is 29.3 Å². The SMILES string of the molecule is COc1cc(F)c([C@H]2CNC(=O)C2C(=O)O)c(F)c1. The highest BCUT2D eigenvalue weighted by molar-refractivity contribution is 5.99. The zero-order valence-electron chi connectivity index (χ0n) is 9.94. The highest BCUT2D eigenvalue weighted by Gasteiger charge is 2.43. The molecule has 2 N–H and O–H groups in total. The molecule has 0 radical (unpaired) electrons. The van der Waals surface area contributed by atoms with Crippen LogP contribution in [0, 0.1) is 17.6 Å². The van der Waals surface area contributed by atoms with E-state index >= 15 is 0 Å². The Kier molecular flexibility index (Phi) is 3.37. The Bertz CT molecular complexity index is 524. The number of carbonyl (C=O) groups excluding carboxylic acids is 1. The van der Waals surface area contributed by atoms with Crippen LogP contribution in [0.3, 0.4) is 0 Å². The van der Waals surface area contributed by atoms with Crippen LogP contribution < -0.4 is 10.1 Å². The zero-order chi connectivity index (χ0) is 14.2. The summed E-state index contributed by atoms with van der Waals surface area (Å²) in [4.78, 5) is 22.4. The molecule has 1 heterocycles. The number of hydrogen-bond donors (Lipinski definition) is 2. The van der Waals surface area contributed by atoms with Gasteiger partial charge in [0.15, 0.2) is 0 Å². The first-order valence-corrected chi connectivity index (χ1v) is 5.49. The van der Waals surface area contributed by atoms with E-state index in [2.05, 4.69) is 5.32 Å². The maximum Gasteiger partial charge on any atom is 0.316 e. The summed E-state index contributed by atoms with van der Waals surface area (Å²) in [5, 5.41) is 11.3. The van der Waals surface area contributed by atoms with Gasteiger partial charge >= 0.3 is 5.97 Å². The summed E-state index contributed by atoms with van der Waals surface area (Å²) < 4.78 is 32.4. The standard InChI is InChI=1S/C12H11F2NO4/c1-19-5-2-7(13)9(8(14)3-5)6-4-15-11(16)10(6)12(17)18/h2-3,6,10H,4H2,1H3,(H,15,16)(H,17,18)/t6-,10?/m1/s1. The first-order chi connectivity index (χ1) is 8.95. The zero-order valence-corrected chi connectivity index (χ0v) is 9.94. The minimum Gasteiger partial charge on any atom is -0.497 e. The second-order valence-corrected chi connectivity index (χ2v) is 4.17. The van der Waals surface area contributed by atoms with Gasteiger partial charge in [0.05, 0.1) is 7.11 Å². The van der Waals surface area contributed by atoms with Crippen molar-refractivity contribution in [2.75, 3.05) is 13.7 Å². The lowest BCUT2D eigenvalue weighted by molar-refractivity contribution is -0.145. The molecule has 19 heavy (non-hydrogen) atoms. The predicted octanol–water partition coefficient (Wildman–Crippen LogP) is 0.888. The van der Waals surface area contributed by atoms with Crippen molar-refractivity contribution < 1.29 is 28.2 Å². The van der Waals surface area contributed by atoms with Crippen LogP contribution in [0.25, 0.3) is 0 Å². The lowest BCUT2D eigenvalue weighted by Gasteiger charge is -2.16. The van der Waals surface area contributed by atoms with Gasteiger partial charge in [-0.25, -0.2) is 8.78 Å². The molecule has 2 rings (SSSR count). The summed E-state index contributed by atoms with van der Waals surface area (Å²) in [6, 6.07) is 1.92. The molecule has 2 atom stereocenters. The van der Waals surface area contributed by atoms with Gasteiger partial charge in [0, 0.05) is 30.2 Å². The molecule has 1 fully saturated rings. The minimum absolute atomic E-state index is 0.0112. The molecule has 1 unspecified atom stereocenters. The number of amides is 1. The molecule has 1 aromatic rings. The molecule has 102 valence electrons. The van der Waals surface area contributed by atoms with Gasteiger partial charge in [0.2, 0.25) is 5.91 Å². The van der Waals surface area contributed by atoms with Gasteiger partial charge in [-0.1, -0.05) is 0 Å². The smallest absolute Gasteiger partial charge is 0.316 e. The number of hydrogen-bond acceptors (Lipinski definition) is 3. The molecule has 0 bridgehead atoms. The van der Waals surface area contributed by atoms with Crippen molar-refractivity contribution in [3.8, 4) is 5.75 Å². The van der Waals surface area contributed by atoms with Crippen molar-refractivity contribution >= 4 is 11.9 Å². The fraction of sp³-hybridized carbons (Fsp3) is 0.333. The molecule has 0 aromatic heterocycles. The van der Waals surface area contributed by atoms with E-state index in [1.807, 2.05) is 0 Å². The molecule has 1 aromatic carbocycles. The number of carboxylic acids is 1. The van der Waals surface area contributed by atoms with Crippen molar-refractivity contribution in [2.24, 2.45) is 5.92 Å². The summed E-state index contributed by atoms with van der Waals surface area (Å²) in [6.07, 6.45) is 0. The van der Waals surface area contributed by atoms with E-state index in [0.29, 0.717) is 0 Å². The molecule has 1 amide bonds. The Hall–Kier alpha value is -2.18. The first-order valence-electron chi connectivity index (χ1n) is 5.49. The molecule has 1 saturated heterocycles. The average molecular weight is 271 g/mol. The topological polar surface area (TPSA) is 75.6 Å².